The zero-order valence-electron chi connectivity index (χ0n) is 19.4. The Labute approximate surface area is 203 Å². The summed E-state index contributed by atoms with van der Waals surface area (Å²) in [6, 6.07) is 30.7. The Morgan fingerprint density at radius 3 is 2.31 bits per heavy atom. The van der Waals surface area contributed by atoms with Gasteiger partial charge in [0.15, 0.2) is 0 Å². The van der Waals surface area contributed by atoms with Crippen LogP contribution in [0.3, 0.4) is 0 Å². The molecule has 4 aromatic carbocycles. The standard InChI is InChI=1S/C30H26N4O/c31-15-8-16-33-20-25(24-13-6-7-14-27(24)33)29-30(35)34(19-21-9-2-1-3-10-21)28-18-23-12-5-4-11-22(23)17-26(28)32-29/h1-7,9-14,17-18,20H,8,15-16,19,31H2. The molecule has 172 valence electrons. The van der Waals surface area contributed by atoms with Crippen molar-refractivity contribution in [1.82, 2.24) is 14.1 Å². The van der Waals surface area contributed by atoms with Crippen LogP contribution in [0.2, 0.25) is 0 Å². The molecule has 35 heavy (non-hydrogen) atoms. The van der Waals surface area contributed by atoms with E-state index in [0.29, 0.717) is 18.8 Å². The van der Waals surface area contributed by atoms with Crippen molar-refractivity contribution in [3.8, 4) is 11.3 Å². The second-order valence-electron chi connectivity index (χ2n) is 8.92. The van der Waals surface area contributed by atoms with Crippen molar-refractivity contribution in [1.29, 1.82) is 0 Å². The fraction of sp³-hybridized carbons (Fsp3) is 0.133. The molecule has 0 bridgehead atoms. The van der Waals surface area contributed by atoms with Gasteiger partial charge in [-0.1, -0.05) is 72.8 Å². The largest absolute Gasteiger partial charge is 0.347 e. The number of hydrogen-bond donors (Lipinski definition) is 1. The molecule has 0 unspecified atom stereocenters. The normalized spacial score (nSPS) is 11.6. The molecule has 2 N–H and O–H groups in total. The molecule has 5 heteroatoms. The maximum Gasteiger partial charge on any atom is 0.277 e. The van der Waals surface area contributed by atoms with E-state index in [9.17, 15) is 4.79 Å². The first-order valence-corrected chi connectivity index (χ1v) is 12.0. The van der Waals surface area contributed by atoms with Crippen molar-refractivity contribution in [2.45, 2.75) is 19.5 Å². The van der Waals surface area contributed by atoms with Gasteiger partial charge < -0.3 is 14.9 Å². The van der Waals surface area contributed by atoms with Crippen molar-refractivity contribution in [2.24, 2.45) is 5.73 Å². The fourth-order valence-electron chi connectivity index (χ4n) is 4.91. The maximum atomic E-state index is 14.1. The first-order valence-electron chi connectivity index (χ1n) is 12.0. The van der Waals surface area contributed by atoms with Crippen LogP contribution in [0.15, 0.2) is 102 Å². The Hall–Kier alpha value is -4.22. The lowest BCUT2D eigenvalue weighted by atomic mass is 10.1. The van der Waals surface area contributed by atoms with Gasteiger partial charge in [0.25, 0.3) is 5.56 Å². The Bertz CT molecular complexity index is 1730. The van der Waals surface area contributed by atoms with Crippen LogP contribution < -0.4 is 11.3 Å². The van der Waals surface area contributed by atoms with Crippen LogP contribution in [0.1, 0.15) is 12.0 Å². The van der Waals surface area contributed by atoms with Gasteiger partial charge in [0.1, 0.15) is 5.69 Å². The van der Waals surface area contributed by atoms with Gasteiger partial charge in [-0.25, -0.2) is 4.98 Å². The van der Waals surface area contributed by atoms with Crippen LogP contribution in [0.5, 0.6) is 0 Å². The van der Waals surface area contributed by atoms with Gasteiger partial charge in [-0.2, -0.15) is 0 Å². The average Bonchev–Trinajstić information content (AvgIpc) is 3.27. The summed E-state index contributed by atoms with van der Waals surface area (Å²) in [5.41, 5.74) is 10.9. The lowest BCUT2D eigenvalue weighted by molar-refractivity contribution is 0.671. The molecular formula is C30H26N4O. The summed E-state index contributed by atoms with van der Waals surface area (Å²) in [4.78, 5) is 19.0. The van der Waals surface area contributed by atoms with E-state index in [1.54, 1.807) is 0 Å². The van der Waals surface area contributed by atoms with Gasteiger partial charge in [-0.3, -0.25) is 4.79 Å². The summed E-state index contributed by atoms with van der Waals surface area (Å²) < 4.78 is 4.05. The minimum Gasteiger partial charge on any atom is -0.347 e. The number of nitrogens with zero attached hydrogens (tertiary/aromatic N) is 3. The Kier molecular flexibility index (Phi) is 5.39. The molecule has 0 spiro atoms. The summed E-state index contributed by atoms with van der Waals surface area (Å²) in [6.45, 7) is 1.90. The topological polar surface area (TPSA) is 65.8 Å². The number of fused-ring (bicyclic) bond motifs is 3. The summed E-state index contributed by atoms with van der Waals surface area (Å²) >= 11 is 0. The molecule has 0 atom stereocenters. The van der Waals surface area contributed by atoms with Crippen molar-refractivity contribution >= 4 is 32.7 Å². The highest BCUT2D eigenvalue weighted by Crippen LogP contribution is 2.30. The summed E-state index contributed by atoms with van der Waals surface area (Å²) in [6.07, 6.45) is 2.93. The summed E-state index contributed by atoms with van der Waals surface area (Å²) in [5, 5.41) is 3.23. The molecule has 0 saturated carbocycles. The van der Waals surface area contributed by atoms with Gasteiger partial charge in [0, 0.05) is 29.2 Å². The third-order valence-electron chi connectivity index (χ3n) is 6.64. The molecule has 6 aromatic rings. The smallest absolute Gasteiger partial charge is 0.277 e. The van der Waals surface area contributed by atoms with E-state index in [4.69, 9.17) is 10.7 Å². The van der Waals surface area contributed by atoms with Crippen LogP contribution in [-0.2, 0) is 13.1 Å². The summed E-state index contributed by atoms with van der Waals surface area (Å²) in [5.74, 6) is 0. The highest BCUT2D eigenvalue weighted by molar-refractivity contribution is 5.98. The van der Waals surface area contributed by atoms with E-state index < -0.39 is 0 Å². The lowest BCUT2D eigenvalue weighted by Crippen LogP contribution is -2.24. The Balaban J connectivity index is 1.64. The molecular weight excluding hydrogens is 432 g/mol. The zero-order valence-corrected chi connectivity index (χ0v) is 19.4. The minimum absolute atomic E-state index is 0.0848. The molecule has 6 rings (SSSR count). The van der Waals surface area contributed by atoms with Crippen molar-refractivity contribution < 1.29 is 0 Å². The highest BCUT2D eigenvalue weighted by atomic mass is 16.1. The van der Waals surface area contributed by atoms with Gasteiger partial charge in [0.05, 0.1) is 17.6 Å². The molecule has 0 radical (unpaired) electrons. The SMILES string of the molecule is NCCCn1cc(-c2nc3cc4ccccc4cc3n(Cc3ccccc3)c2=O)c2ccccc21. The molecule has 2 aromatic heterocycles. The van der Waals surface area contributed by atoms with E-state index >= 15 is 0 Å². The quantitative estimate of drug-likeness (QED) is 0.332. The van der Waals surface area contributed by atoms with Crippen molar-refractivity contribution in [3.63, 3.8) is 0 Å². The lowest BCUT2D eigenvalue weighted by Gasteiger charge is -2.13. The van der Waals surface area contributed by atoms with Crippen molar-refractivity contribution in [3.05, 3.63) is 113 Å². The van der Waals surface area contributed by atoms with Crippen LogP contribution in [-0.4, -0.2) is 20.7 Å². The maximum absolute atomic E-state index is 14.1. The molecule has 5 nitrogen and oxygen atoms in total. The number of para-hydroxylation sites is 1. The number of aromatic nitrogens is 3. The van der Waals surface area contributed by atoms with Crippen LogP contribution in [0, 0.1) is 0 Å². The molecule has 0 aliphatic rings. The Morgan fingerprint density at radius 2 is 1.51 bits per heavy atom. The summed E-state index contributed by atoms with van der Waals surface area (Å²) in [7, 11) is 0. The predicted octanol–water partition coefficient (Wildman–Crippen LogP) is 5.57. The third kappa shape index (κ3) is 3.80. The van der Waals surface area contributed by atoms with E-state index in [1.807, 2.05) is 47.0 Å². The first-order chi connectivity index (χ1) is 17.2. The Morgan fingerprint density at radius 1 is 0.800 bits per heavy atom. The van der Waals surface area contributed by atoms with Crippen LogP contribution >= 0.6 is 0 Å². The monoisotopic (exact) mass is 458 g/mol. The molecule has 0 amide bonds. The second-order valence-corrected chi connectivity index (χ2v) is 8.92. The molecule has 0 aliphatic carbocycles. The first kappa shape index (κ1) is 21.3. The molecule has 0 fully saturated rings. The zero-order chi connectivity index (χ0) is 23.8. The van der Waals surface area contributed by atoms with Crippen LogP contribution in [0.25, 0.3) is 44.0 Å². The molecule has 2 heterocycles. The number of aryl methyl sites for hydroxylation is 1. The van der Waals surface area contributed by atoms with Gasteiger partial charge in [-0.15, -0.1) is 0 Å². The third-order valence-corrected chi connectivity index (χ3v) is 6.64. The van der Waals surface area contributed by atoms with E-state index in [-0.39, 0.29) is 5.56 Å². The van der Waals surface area contributed by atoms with Crippen LogP contribution in [0.4, 0.5) is 0 Å². The highest BCUT2D eigenvalue weighted by Gasteiger charge is 2.18. The molecule has 0 aliphatic heterocycles. The van der Waals surface area contributed by atoms with Gasteiger partial charge in [-0.05, 0) is 47.5 Å². The number of nitrogens with two attached hydrogens (primary N) is 1. The number of benzene rings is 4. The van der Waals surface area contributed by atoms with E-state index in [2.05, 4.69) is 59.3 Å². The van der Waals surface area contributed by atoms with Crippen molar-refractivity contribution in [2.75, 3.05) is 6.54 Å². The second kappa shape index (κ2) is 8.85. The number of hydrogen-bond acceptors (Lipinski definition) is 3. The van der Waals surface area contributed by atoms with E-state index in [0.717, 1.165) is 56.8 Å². The molecule has 0 saturated heterocycles. The number of rotatable bonds is 6. The van der Waals surface area contributed by atoms with Gasteiger partial charge >= 0.3 is 0 Å². The van der Waals surface area contributed by atoms with E-state index in [1.165, 1.54) is 0 Å². The average molecular weight is 459 g/mol. The fourth-order valence-corrected chi connectivity index (χ4v) is 4.91. The predicted molar refractivity (Wildman–Crippen MR) is 144 cm³/mol. The van der Waals surface area contributed by atoms with Gasteiger partial charge in [0.2, 0.25) is 0 Å². The minimum atomic E-state index is -0.0848.